The Balaban J connectivity index is 2.52. The van der Waals surface area contributed by atoms with Gasteiger partial charge in [-0.05, 0) is 18.6 Å². The minimum absolute atomic E-state index is 0.0398. The summed E-state index contributed by atoms with van der Waals surface area (Å²) < 4.78 is 12.8. The molecule has 0 atom stereocenters. The van der Waals surface area contributed by atoms with Gasteiger partial charge in [0.15, 0.2) is 5.78 Å². The third-order valence-corrected chi connectivity index (χ3v) is 2.15. The molecule has 0 amide bonds. The molecule has 0 aliphatic carbocycles. The Morgan fingerprint density at radius 2 is 2.14 bits per heavy atom. The summed E-state index contributed by atoms with van der Waals surface area (Å²) >= 11 is 0. The average Bonchev–Trinajstić information content (AvgIpc) is 2.18. The summed E-state index contributed by atoms with van der Waals surface area (Å²) in [5, 5.41) is 0. The molecule has 0 spiro atoms. The highest BCUT2D eigenvalue weighted by Gasteiger charge is 2.05. The summed E-state index contributed by atoms with van der Waals surface area (Å²) in [6, 6.07) is 5.89. The molecule has 0 aliphatic heterocycles. The van der Waals surface area contributed by atoms with Gasteiger partial charge in [0, 0.05) is 12.0 Å². The maximum absolute atomic E-state index is 12.8. The van der Waals surface area contributed by atoms with E-state index in [1.54, 1.807) is 12.1 Å². The normalized spacial score (nSPS) is 10.1. The first kappa shape index (κ1) is 10.9. The molecule has 0 saturated heterocycles. The fraction of sp³-hybridized carbons (Fsp3) is 0.417. The molecule has 0 N–H and O–H groups in total. The highest BCUT2D eigenvalue weighted by atomic mass is 19.1. The van der Waals surface area contributed by atoms with E-state index in [4.69, 9.17) is 0 Å². The summed E-state index contributed by atoms with van der Waals surface area (Å²) in [7, 11) is 0. The largest absolute Gasteiger partial charge is 0.294 e. The first-order valence-corrected chi connectivity index (χ1v) is 5.03. The molecule has 0 radical (unpaired) electrons. The van der Waals surface area contributed by atoms with Crippen LogP contribution < -0.4 is 0 Å². The van der Waals surface area contributed by atoms with E-state index in [1.807, 2.05) is 0 Å². The van der Waals surface area contributed by atoms with Crippen molar-refractivity contribution in [2.45, 2.75) is 32.6 Å². The van der Waals surface area contributed by atoms with Crippen LogP contribution in [0.15, 0.2) is 24.3 Å². The van der Waals surface area contributed by atoms with Crippen LogP contribution in [0.5, 0.6) is 0 Å². The number of halogens is 1. The molecular weight excluding hydrogens is 179 g/mol. The third-order valence-electron chi connectivity index (χ3n) is 2.15. The Hall–Kier alpha value is -1.18. The average molecular weight is 194 g/mol. The van der Waals surface area contributed by atoms with Crippen LogP contribution in [0.1, 0.15) is 43.0 Å². The molecule has 0 unspecified atom stereocenters. The van der Waals surface area contributed by atoms with Crippen LogP contribution in [0.2, 0.25) is 0 Å². The zero-order valence-corrected chi connectivity index (χ0v) is 8.42. The molecule has 14 heavy (non-hydrogen) atoms. The number of hydrogen-bond acceptors (Lipinski definition) is 1. The predicted molar refractivity (Wildman–Crippen MR) is 54.9 cm³/mol. The van der Waals surface area contributed by atoms with Crippen LogP contribution in [0.3, 0.4) is 0 Å². The van der Waals surface area contributed by atoms with Gasteiger partial charge in [0.2, 0.25) is 0 Å². The van der Waals surface area contributed by atoms with E-state index in [9.17, 15) is 9.18 Å². The van der Waals surface area contributed by atoms with Gasteiger partial charge in [-0.2, -0.15) is 0 Å². The van der Waals surface area contributed by atoms with E-state index in [2.05, 4.69) is 6.92 Å². The fourth-order valence-electron chi connectivity index (χ4n) is 1.34. The van der Waals surface area contributed by atoms with Gasteiger partial charge in [-0.3, -0.25) is 4.79 Å². The molecule has 76 valence electrons. The van der Waals surface area contributed by atoms with Gasteiger partial charge in [0.25, 0.3) is 0 Å². The molecule has 0 aromatic heterocycles. The summed E-state index contributed by atoms with van der Waals surface area (Å²) in [4.78, 5) is 11.5. The van der Waals surface area contributed by atoms with Crippen LogP contribution in [0, 0.1) is 5.82 Å². The Bertz CT molecular complexity index is 307. The molecule has 1 rings (SSSR count). The monoisotopic (exact) mass is 194 g/mol. The van der Waals surface area contributed by atoms with Crippen molar-refractivity contribution in [2.75, 3.05) is 0 Å². The van der Waals surface area contributed by atoms with Crippen molar-refractivity contribution in [3.8, 4) is 0 Å². The van der Waals surface area contributed by atoms with Crippen LogP contribution in [-0.2, 0) is 0 Å². The number of ketones is 1. The first-order chi connectivity index (χ1) is 6.74. The predicted octanol–water partition coefficient (Wildman–Crippen LogP) is 3.59. The molecule has 0 fully saturated rings. The molecule has 0 aliphatic rings. The topological polar surface area (TPSA) is 17.1 Å². The van der Waals surface area contributed by atoms with E-state index in [0.29, 0.717) is 12.0 Å². The molecule has 0 heterocycles. The van der Waals surface area contributed by atoms with Gasteiger partial charge in [0.1, 0.15) is 5.82 Å². The van der Waals surface area contributed by atoms with E-state index in [0.717, 1.165) is 19.3 Å². The quantitative estimate of drug-likeness (QED) is 0.517. The van der Waals surface area contributed by atoms with Gasteiger partial charge >= 0.3 is 0 Å². The molecule has 0 saturated carbocycles. The Labute approximate surface area is 83.9 Å². The SMILES string of the molecule is CCCCCC(=O)c1cccc(F)c1. The number of Topliss-reactive ketones (excluding diaryl/α,β-unsaturated/α-hetero) is 1. The smallest absolute Gasteiger partial charge is 0.162 e. The number of unbranched alkanes of at least 4 members (excludes halogenated alkanes) is 2. The second-order valence-corrected chi connectivity index (χ2v) is 3.39. The van der Waals surface area contributed by atoms with E-state index in [-0.39, 0.29) is 11.6 Å². The van der Waals surface area contributed by atoms with Gasteiger partial charge in [-0.15, -0.1) is 0 Å². The second-order valence-electron chi connectivity index (χ2n) is 3.39. The van der Waals surface area contributed by atoms with Crippen LogP contribution in [-0.4, -0.2) is 5.78 Å². The molecule has 1 aromatic carbocycles. The van der Waals surface area contributed by atoms with Gasteiger partial charge in [-0.1, -0.05) is 31.9 Å². The van der Waals surface area contributed by atoms with Gasteiger partial charge in [-0.25, -0.2) is 4.39 Å². The van der Waals surface area contributed by atoms with Crippen molar-refractivity contribution in [1.29, 1.82) is 0 Å². The van der Waals surface area contributed by atoms with E-state index >= 15 is 0 Å². The third kappa shape index (κ3) is 3.29. The summed E-state index contributed by atoms with van der Waals surface area (Å²) in [5.74, 6) is -0.302. The lowest BCUT2D eigenvalue weighted by molar-refractivity contribution is 0.0979. The highest BCUT2D eigenvalue weighted by Crippen LogP contribution is 2.09. The molecule has 2 heteroatoms. The van der Waals surface area contributed by atoms with Gasteiger partial charge < -0.3 is 0 Å². The second kappa shape index (κ2) is 5.53. The lowest BCUT2D eigenvalue weighted by Crippen LogP contribution is -1.99. The van der Waals surface area contributed by atoms with Crippen molar-refractivity contribution in [1.82, 2.24) is 0 Å². The van der Waals surface area contributed by atoms with Crippen molar-refractivity contribution in [3.63, 3.8) is 0 Å². The van der Waals surface area contributed by atoms with Crippen molar-refractivity contribution in [3.05, 3.63) is 35.6 Å². The van der Waals surface area contributed by atoms with E-state index in [1.165, 1.54) is 12.1 Å². The summed E-state index contributed by atoms with van der Waals surface area (Å²) in [6.07, 6.45) is 3.57. The van der Waals surface area contributed by atoms with Crippen molar-refractivity contribution < 1.29 is 9.18 Å². The number of carbonyl (C=O) groups is 1. The van der Waals surface area contributed by atoms with Crippen LogP contribution in [0.4, 0.5) is 4.39 Å². The minimum Gasteiger partial charge on any atom is -0.294 e. The molecular formula is C12H15FO. The van der Waals surface area contributed by atoms with Crippen LogP contribution in [0.25, 0.3) is 0 Å². The Morgan fingerprint density at radius 3 is 2.79 bits per heavy atom. The maximum atomic E-state index is 12.8. The zero-order valence-electron chi connectivity index (χ0n) is 8.42. The summed E-state index contributed by atoms with van der Waals surface area (Å²) in [5.41, 5.74) is 0.487. The lowest BCUT2D eigenvalue weighted by atomic mass is 10.1. The van der Waals surface area contributed by atoms with Crippen LogP contribution >= 0.6 is 0 Å². The highest BCUT2D eigenvalue weighted by molar-refractivity contribution is 5.95. The standard InChI is InChI=1S/C12H15FO/c1-2-3-4-8-12(14)10-6-5-7-11(13)9-10/h5-7,9H,2-4,8H2,1H3. The molecule has 1 nitrogen and oxygen atoms in total. The molecule has 1 aromatic rings. The van der Waals surface area contributed by atoms with Crippen molar-refractivity contribution >= 4 is 5.78 Å². The molecule has 0 bridgehead atoms. The fourth-order valence-corrected chi connectivity index (χ4v) is 1.34. The minimum atomic E-state index is -0.341. The number of rotatable bonds is 5. The lowest BCUT2D eigenvalue weighted by Gasteiger charge is -2.00. The number of hydrogen-bond donors (Lipinski definition) is 0. The van der Waals surface area contributed by atoms with Crippen molar-refractivity contribution in [2.24, 2.45) is 0 Å². The number of benzene rings is 1. The van der Waals surface area contributed by atoms with E-state index < -0.39 is 0 Å². The maximum Gasteiger partial charge on any atom is 0.162 e. The Kier molecular flexibility index (Phi) is 4.30. The summed E-state index contributed by atoms with van der Waals surface area (Å²) in [6.45, 7) is 2.09. The first-order valence-electron chi connectivity index (χ1n) is 5.03. The van der Waals surface area contributed by atoms with Gasteiger partial charge in [0.05, 0.1) is 0 Å². The number of carbonyl (C=O) groups excluding carboxylic acids is 1. The zero-order chi connectivity index (χ0) is 10.4. The Morgan fingerprint density at radius 1 is 1.36 bits per heavy atom.